The quantitative estimate of drug-likeness (QED) is 0.103. The van der Waals surface area contributed by atoms with Crippen LogP contribution in [-0.4, -0.2) is 22.3 Å². The molecule has 0 fully saturated rings. The summed E-state index contributed by atoms with van der Waals surface area (Å²) in [6.07, 6.45) is 41.4. The van der Waals surface area contributed by atoms with Crippen LogP contribution in [0.1, 0.15) is 109 Å². The van der Waals surface area contributed by atoms with Gasteiger partial charge in [0, 0.05) is 5.92 Å². The summed E-state index contributed by atoms with van der Waals surface area (Å²) in [5.74, 6) is 5.79. The highest BCUT2D eigenvalue weighted by Crippen LogP contribution is 2.12. The van der Waals surface area contributed by atoms with Crippen molar-refractivity contribution < 1.29 is 15.0 Å². The van der Waals surface area contributed by atoms with Crippen molar-refractivity contribution in [3.63, 3.8) is 0 Å². The van der Waals surface area contributed by atoms with Gasteiger partial charge in [0.2, 0.25) is 0 Å². The minimum absolute atomic E-state index is 0.737. The molecule has 0 heterocycles. The van der Waals surface area contributed by atoms with Gasteiger partial charge >= 0.3 is 5.97 Å². The Bertz CT molecular complexity index is 694. The Morgan fingerprint density at radius 3 is 1.62 bits per heavy atom. The molecule has 2 N–H and O–H groups in total. The monoisotopic (exact) mass is 466 g/mol. The van der Waals surface area contributed by atoms with Gasteiger partial charge in [-0.05, 0) is 69.9 Å². The SMILES string of the molecule is C#C[C@H](O)/C=C/CCCCC/C=C\C/C=C\CCCCCCCCCCC/C=C\C#CC(=O)O. The Hall–Kier alpha value is -2.49. The number of hydrogen-bond donors (Lipinski definition) is 2. The first-order chi connectivity index (χ1) is 16.7. The highest BCUT2D eigenvalue weighted by molar-refractivity contribution is 5.86. The number of carboxylic acids is 1. The molecule has 0 unspecified atom stereocenters. The third-order valence-corrected chi connectivity index (χ3v) is 5.46. The van der Waals surface area contributed by atoms with Gasteiger partial charge < -0.3 is 10.2 Å². The number of terminal acetylenes is 1. The van der Waals surface area contributed by atoms with E-state index in [2.05, 4.69) is 42.1 Å². The van der Waals surface area contributed by atoms with E-state index in [4.69, 9.17) is 11.5 Å². The van der Waals surface area contributed by atoms with Gasteiger partial charge in [0.15, 0.2) is 0 Å². The van der Waals surface area contributed by atoms with E-state index in [-0.39, 0.29) is 0 Å². The predicted octanol–water partition coefficient (Wildman–Crippen LogP) is 7.93. The first kappa shape index (κ1) is 31.5. The summed E-state index contributed by atoms with van der Waals surface area (Å²) in [6, 6.07) is 0. The number of unbranched alkanes of at least 4 members (excludes halogenated alkanes) is 14. The predicted molar refractivity (Wildman–Crippen MR) is 145 cm³/mol. The van der Waals surface area contributed by atoms with Crippen molar-refractivity contribution in [1.29, 1.82) is 0 Å². The molecule has 0 rings (SSSR count). The topological polar surface area (TPSA) is 57.5 Å². The molecule has 34 heavy (non-hydrogen) atoms. The average molecular weight is 467 g/mol. The summed E-state index contributed by atoms with van der Waals surface area (Å²) in [5.41, 5.74) is 0. The maximum absolute atomic E-state index is 10.2. The third kappa shape index (κ3) is 27.5. The zero-order valence-corrected chi connectivity index (χ0v) is 21.1. The minimum Gasteiger partial charge on any atom is -0.472 e. The maximum Gasteiger partial charge on any atom is 0.382 e. The summed E-state index contributed by atoms with van der Waals surface area (Å²) >= 11 is 0. The number of allylic oxidation sites excluding steroid dienone is 7. The Labute approximate surface area is 209 Å². The van der Waals surface area contributed by atoms with E-state index in [1.54, 1.807) is 12.2 Å². The molecule has 0 saturated carbocycles. The van der Waals surface area contributed by atoms with Gasteiger partial charge in [0.25, 0.3) is 0 Å². The van der Waals surface area contributed by atoms with Gasteiger partial charge in [-0.15, -0.1) is 6.42 Å². The van der Waals surface area contributed by atoms with Crippen LogP contribution in [0.2, 0.25) is 0 Å². The number of carboxylic acid groups (broad SMARTS) is 1. The zero-order valence-electron chi connectivity index (χ0n) is 21.1. The molecule has 3 heteroatoms. The minimum atomic E-state index is -1.08. The van der Waals surface area contributed by atoms with Gasteiger partial charge in [-0.2, -0.15) is 0 Å². The molecule has 0 bridgehead atoms. The van der Waals surface area contributed by atoms with Crippen molar-refractivity contribution >= 4 is 5.97 Å². The lowest BCUT2D eigenvalue weighted by atomic mass is 10.1. The summed E-state index contributed by atoms with van der Waals surface area (Å²) < 4.78 is 0. The second-order valence-electron chi connectivity index (χ2n) is 8.59. The van der Waals surface area contributed by atoms with E-state index in [1.165, 1.54) is 70.6 Å². The molecule has 0 aromatic carbocycles. The number of aliphatic hydroxyl groups excluding tert-OH is 1. The number of hydrogen-bond acceptors (Lipinski definition) is 2. The second-order valence-corrected chi connectivity index (χ2v) is 8.59. The molecule has 0 aromatic rings. The molecule has 0 amide bonds. The summed E-state index contributed by atoms with van der Waals surface area (Å²) in [6.45, 7) is 0. The van der Waals surface area contributed by atoms with Crippen molar-refractivity contribution in [2.75, 3.05) is 0 Å². The Kier molecular flexibility index (Phi) is 24.8. The fourth-order valence-corrected chi connectivity index (χ4v) is 3.50. The fourth-order valence-electron chi connectivity index (χ4n) is 3.50. The highest BCUT2D eigenvalue weighted by atomic mass is 16.4. The van der Waals surface area contributed by atoms with Crippen LogP contribution in [-0.2, 0) is 4.79 Å². The van der Waals surface area contributed by atoms with Crippen LogP contribution in [0.3, 0.4) is 0 Å². The first-order valence-corrected chi connectivity index (χ1v) is 13.2. The number of rotatable bonds is 21. The number of aliphatic carboxylic acids is 1. The van der Waals surface area contributed by atoms with Crippen LogP contribution in [0.5, 0.6) is 0 Å². The molecule has 0 aliphatic carbocycles. The summed E-state index contributed by atoms with van der Waals surface area (Å²) in [5, 5.41) is 17.6. The van der Waals surface area contributed by atoms with E-state index in [9.17, 15) is 9.90 Å². The lowest BCUT2D eigenvalue weighted by molar-refractivity contribution is -0.130. The first-order valence-electron chi connectivity index (χ1n) is 13.2. The maximum atomic E-state index is 10.2. The van der Waals surface area contributed by atoms with Gasteiger partial charge in [-0.25, -0.2) is 4.79 Å². The fraction of sp³-hybridized carbons (Fsp3) is 0.581. The van der Waals surface area contributed by atoms with E-state index in [0.29, 0.717) is 0 Å². The lowest BCUT2D eigenvalue weighted by Crippen LogP contribution is -1.95. The van der Waals surface area contributed by atoms with Crippen LogP contribution in [0.4, 0.5) is 0 Å². The van der Waals surface area contributed by atoms with Crippen LogP contribution >= 0.6 is 0 Å². The van der Waals surface area contributed by atoms with Crippen LogP contribution in [0.15, 0.2) is 48.6 Å². The molecular formula is C31H46O3. The van der Waals surface area contributed by atoms with E-state index >= 15 is 0 Å². The molecule has 0 spiro atoms. The zero-order chi connectivity index (χ0) is 25.0. The largest absolute Gasteiger partial charge is 0.472 e. The molecule has 0 aliphatic rings. The number of aliphatic hydroxyl groups is 1. The molecule has 0 aromatic heterocycles. The average Bonchev–Trinajstić information content (AvgIpc) is 2.83. The molecule has 188 valence electrons. The van der Waals surface area contributed by atoms with Crippen LogP contribution < -0.4 is 0 Å². The molecular weight excluding hydrogens is 420 g/mol. The van der Waals surface area contributed by atoms with Crippen molar-refractivity contribution in [3.8, 4) is 24.2 Å². The van der Waals surface area contributed by atoms with Gasteiger partial charge in [0.1, 0.15) is 6.10 Å². The van der Waals surface area contributed by atoms with E-state index in [0.717, 1.165) is 38.5 Å². The van der Waals surface area contributed by atoms with E-state index in [1.807, 2.05) is 12.2 Å². The van der Waals surface area contributed by atoms with Crippen LogP contribution in [0, 0.1) is 24.2 Å². The highest BCUT2D eigenvalue weighted by Gasteiger charge is 1.92. The molecule has 3 nitrogen and oxygen atoms in total. The van der Waals surface area contributed by atoms with Crippen LogP contribution in [0.25, 0.3) is 0 Å². The van der Waals surface area contributed by atoms with Gasteiger partial charge in [0.05, 0.1) is 0 Å². The summed E-state index contributed by atoms with van der Waals surface area (Å²) in [7, 11) is 0. The molecule has 0 saturated heterocycles. The Balaban J connectivity index is 3.30. The normalized spacial score (nSPS) is 12.5. The van der Waals surface area contributed by atoms with Crippen molar-refractivity contribution in [2.24, 2.45) is 0 Å². The number of carbonyl (C=O) groups is 1. The van der Waals surface area contributed by atoms with Crippen molar-refractivity contribution in [1.82, 2.24) is 0 Å². The second kappa shape index (κ2) is 26.8. The van der Waals surface area contributed by atoms with Crippen molar-refractivity contribution in [2.45, 2.75) is 115 Å². The van der Waals surface area contributed by atoms with Gasteiger partial charge in [-0.1, -0.05) is 99.7 Å². The van der Waals surface area contributed by atoms with Crippen molar-refractivity contribution in [3.05, 3.63) is 48.6 Å². The van der Waals surface area contributed by atoms with Gasteiger partial charge in [-0.3, -0.25) is 0 Å². The Morgan fingerprint density at radius 2 is 1.12 bits per heavy atom. The molecule has 1 atom stereocenters. The molecule has 0 aliphatic heterocycles. The smallest absolute Gasteiger partial charge is 0.382 e. The summed E-state index contributed by atoms with van der Waals surface area (Å²) in [4.78, 5) is 10.2. The lowest BCUT2D eigenvalue weighted by Gasteiger charge is -2.01. The van der Waals surface area contributed by atoms with E-state index < -0.39 is 12.1 Å². The third-order valence-electron chi connectivity index (χ3n) is 5.46. The Morgan fingerprint density at radius 1 is 0.676 bits per heavy atom. The molecule has 0 radical (unpaired) electrons. The standard InChI is InChI=1S/C31H46O3/c1-2-30(32)28-26-24-22-20-18-16-14-12-10-8-6-4-3-5-7-9-11-13-15-17-19-21-23-25-27-29-31(33)34/h1,6,8,12,14,23,25-26,28,30,32H,3-5,7,9-11,13,15-22,24H2,(H,33,34)/b8-6-,14-12-,25-23-,28-26+/t30-/m0/s1.